The summed E-state index contributed by atoms with van der Waals surface area (Å²) in [6.07, 6.45) is 1.70. The standard InChI is InChI=1S/C6H9NS/c1-4-6(3)7-8-5-2/h4-5H,1-2H2,3H3/b7-6-. The largest absolute Gasteiger partial charge is 0.217 e. The first kappa shape index (κ1) is 7.50. The van der Waals surface area contributed by atoms with Crippen molar-refractivity contribution < 1.29 is 0 Å². The Kier molecular flexibility index (Phi) is 4.36. The molecule has 0 saturated heterocycles. The van der Waals surface area contributed by atoms with Gasteiger partial charge in [0.05, 0.1) is 0 Å². The number of rotatable bonds is 3. The number of allylic oxidation sites excluding steroid dienone is 1. The topological polar surface area (TPSA) is 12.4 Å². The molecule has 0 unspecified atom stereocenters. The Hall–Kier alpha value is -0.500. The summed E-state index contributed by atoms with van der Waals surface area (Å²) < 4.78 is 3.96. The van der Waals surface area contributed by atoms with Gasteiger partial charge in [0.1, 0.15) is 0 Å². The molecule has 0 aliphatic carbocycles. The summed E-state index contributed by atoms with van der Waals surface area (Å²) in [5.41, 5.74) is 0.926. The molecule has 0 rings (SSSR count). The zero-order valence-corrected chi connectivity index (χ0v) is 5.74. The fraction of sp³-hybridized carbons (Fsp3) is 0.167. The Bertz CT molecular complexity index is 116. The predicted molar refractivity (Wildman–Crippen MR) is 41.1 cm³/mol. The minimum absolute atomic E-state index is 0.926. The first-order valence-corrected chi connectivity index (χ1v) is 3.08. The van der Waals surface area contributed by atoms with Gasteiger partial charge in [-0.3, -0.25) is 0 Å². The normalized spacial score (nSPS) is 10.9. The van der Waals surface area contributed by atoms with Crippen LogP contribution in [0.15, 0.2) is 29.0 Å². The van der Waals surface area contributed by atoms with Crippen molar-refractivity contribution >= 4 is 17.7 Å². The summed E-state index contributed by atoms with van der Waals surface area (Å²) in [6.45, 7) is 8.92. The third-order valence-corrected chi connectivity index (χ3v) is 1.11. The van der Waals surface area contributed by atoms with Gasteiger partial charge in [-0.2, -0.15) is 0 Å². The second-order valence-electron chi connectivity index (χ2n) is 1.21. The summed E-state index contributed by atoms with van der Waals surface area (Å²) in [6, 6.07) is 0. The van der Waals surface area contributed by atoms with E-state index in [2.05, 4.69) is 17.6 Å². The van der Waals surface area contributed by atoms with E-state index in [1.807, 2.05) is 6.92 Å². The molecule has 0 atom stereocenters. The third-order valence-electron chi connectivity index (χ3n) is 0.567. The molecule has 0 radical (unpaired) electrons. The molecule has 2 heteroatoms. The molecule has 44 valence electrons. The maximum Gasteiger partial charge on any atom is 0.0454 e. The van der Waals surface area contributed by atoms with E-state index in [9.17, 15) is 0 Å². The van der Waals surface area contributed by atoms with Crippen molar-refractivity contribution in [2.45, 2.75) is 6.92 Å². The second-order valence-corrected chi connectivity index (χ2v) is 1.94. The van der Waals surface area contributed by atoms with Gasteiger partial charge in [0, 0.05) is 17.7 Å². The lowest BCUT2D eigenvalue weighted by Gasteiger charge is -1.83. The molecular formula is C6H9NS. The summed E-state index contributed by atoms with van der Waals surface area (Å²) in [7, 11) is 0. The van der Waals surface area contributed by atoms with Crippen molar-refractivity contribution in [3.05, 3.63) is 24.6 Å². The van der Waals surface area contributed by atoms with E-state index in [1.165, 1.54) is 11.9 Å². The number of nitrogens with zero attached hydrogens (tertiary/aromatic N) is 1. The van der Waals surface area contributed by atoms with Crippen LogP contribution in [0.3, 0.4) is 0 Å². The van der Waals surface area contributed by atoms with Gasteiger partial charge in [0.2, 0.25) is 0 Å². The number of hydrogen-bond donors (Lipinski definition) is 0. The van der Waals surface area contributed by atoms with E-state index in [0.717, 1.165) is 5.71 Å². The van der Waals surface area contributed by atoms with Gasteiger partial charge in [-0.15, -0.1) is 0 Å². The summed E-state index contributed by atoms with van der Waals surface area (Å²) in [4.78, 5) is 0. The third kappa shape index (κ3) is 3.68. The molecule has 0 N–H and O–H groups in total. The molecule has 0 aromatic heterocycles. The molecule has 0 aliphatic heterocycles. The van der Waals surface area contributed by atoms with E-state index in [-0.39, 0.29) is 0 Å². The van der Waals surface area contributed by atoms with E-state index < -0.39 is 0 Å². The minimum atomic E-state index is 0.926. The Morgan fingerprint density at radius 2 is 2.25 bits per heavy atom. The van der Waals surface area contributed by atoms with E-state index in [0.29, 0.717) is 0 Å². The quantitative estimate of drug-likeness (QED) is 0.419. The first-order chi connectivity index (χ1) is 3.81. The minimum Gasteiger partial charge on any atom is -0.217 e. The van der Waals surface area contributed by atoms with E-state index >= 15 is 0 Å². The van der Waals surface area contributed by atoms with Crippen molar-refractivity contribution in [1.29, 1.82) is 0 Å². The molecule has 0 aromatic carbocycles. The average molecular weight is 127 g/mol. The number of hydrogen-bond acceptors (Lipinski definition) is 2. The summed E-state index contributed by atoms with van der Waals surface area (Å²) in [5, 5.41) is 1.67. The van der Waals surface area contributed by atoms with Crippen molar-refractivity contribution in [2.24, 2.45) is 4.40 Å². The molecule has 0 amide bonds. The molecule has 8 heavy (non-hydrogen) atoms. The van der Waals surface area contributed by atoms with Crippen LogP contribution in [0.1, 0.15) is 6.92 Å². The lowest BCUT2D eigenvalue weighted by molar-refractivity contribution is 1.79. The molecule has 0 bridgehead atoms. The van der Waals surface area contributed by atoms with Gasteiger partial charge >= 0.3 is 0 Å². The zero-order chi connectivity index (χ0) is 6.41. The summed E-state index contributed by atoms with van der Waals surface area (Å²) >= 11 is 1.32. The van der Waals surface area contributed by atoms with Gasteiger partial charge in [0.25, 0.3) is 0 Å². The molecule has 1 nitrogen and oxygen atoms in total. The van der Waals surface area contributed by atoms with Crippen LogP contribution in [0, 0.1) is 0 Å². The highest BCUT2D eigenvalue weighted by atomic mass is 32.2. The van der Waals surface area contributed by atoms with Crippen LogP contribution in [0.25, 0.3) is 0 Å². The molecule has 0 fully saturated rings. The zero-order valence-electron chi connectivity index (χ0n) is 4.92. The van der Waals surface area contributed by atoms with Crippen LogP contribution in [-0.2, 0) is 0 Å². The Morgan fingerprint density at radius 1 is 1.62 bits per heavy atom. The van der Waals surface area contributed by atoms with E-state index in [1.54, 1.807) is 11.5 Å². The first-order valence-electron chi connectivity index (χ1n) is 2.25. The fourth-order valence-corrected chi connectivity index (χ4v) is 0.473. The van der Waals surface area contributed by atoms with Crippen molar-refractivity contribution in [2.75, 3.05) is 0 Å². The summed E-state index contributed by atoms with van der Waals surface area (Å²) in [5.74, 6) is 0. The van der Waals surface area contributed by atoms with Crippen molar-refractivity contribution in [3.63, 3.8) is 0 Å². The van der Waals surface area contributed by atoms with Crippen LogP contribution in [-0.4, -0.2) is 5.71 Å². The highest BCUT2D eigenvalue weighted by Crippen LogP contribution is 2.01. The lowest BCUT2D eigenvalue weighted by Crippen LogP contribution is -1.76. The highest BCUT2D eigenvalue weighted by Gasteiger charge is 1.75. The van der Waals surface area contributed by atoms with Crippen LogP contribution in [0.2, 0.25) is 0 Å². The van der Waals surface area contributed by atoms with Gasteiger partial charge in [-0.25, -0.2) is 4.40 Å². The van der Waals surface area contributed by atoms with Crippen molar-refractivity contribution in [3.8, 4) is 0 Å². The predicted octanol–water partition coefficient (Wildman–Crippen LogP) is 2.43. The van der Waals surface area contributed by atoms with Gasteiger partial charge in [-0.1, -0.05) is 13.2 Å². The SMILES string of the molecule is C=CS/N=C(/C)C=C. The molecule has 0 saturated carbocycles. The lowest BCUT2D eigenvalue weighted by atomic mass is 10.4. The van der Waals surface area contributed by atoms with Crippen LogP contribution in [0.5, 0.6) is 0 Å². The molecule has 0 aromatic rings. The van der Waals surface area contributed by atoms with Crippen molar-refractivity contribution in [1.82, 2.24) is 0 Å². The Balaban J connectivity index is 3.56. The molecule has 0 spiro atoms. The maximum absolute atomic E-state index is 3.96. The Morgan fingerprint density at radius 3 is 2.62 bits per heavy atom. The smallest absolute Gasteiger partial charge is 0.0454 e. The maximum atomic E-state index is 3.96. The monoisotopic (exact) mass is 127 g/mol. The fourth-order valence-electron chi connectivity index (χ4n) is 0.158. The van der Waals surface area contributed by atoms with Crippen LogP contribution in [0.4, 0.5) is 0 Å². The van der Waals surface area contributed by atoms with Gasteiger partial charge in [-0.05, 0) is 18.4 Å². The Labute approximate surface area is 54.3 Å². The molecule has 0 aliphatic rings. The van der Waals surface area contributed by atoms with Gasteiger partial charge in [0.15, 0.2) is 0 Å². The van der Waals surface area contributed by atoms with E-state index in [4.69, 9.17) is 0 Å². The highest BCUT2D eigenvalue weighted by molar-refractivity contribution is 8.01. The van der Waals surface area contributed by atoms with Gasteiger partial charge < -0.3 is 0 Å². The second kappa shape index (κ2) is 4.65. The van der Waals surface area contributed by atoms with Crippen LogP contribution >= 0.6 is 11.9 Å². The average Bonchev–Trinajstić information content (AvgIpc) is 1.83. The van der Waals surface area contributed by atoms with Crippen LogP contribution < -0.4 is 0 Å². The molecule has 0 heterocycles. The molecular weight excluding hydrogens is 118 g/mol.